The highest BCUT2D eigenvalue weighted by atomic mass is 16.5. The number of ether oxygens (including phenoxy) is 1. The zero-order valence-electron chi connectivity index (χ0n) is 8.39. The Morgan fingerprint density at radius 3 is 2.50 bits per heavy atom. The molecule has 1 rings (SSSR count). The molecule has 1 fully saturated rings. The number of hydrogen-bond donors (Lipinski definition) is 0. The average Bonchev–Trinajstić information content (AvgIpc) is 1.99. The van der Waals surface area contributed by atoms with Crippen LogP contribution < -0.4 is 0 Å². The van der Waals surface area contributed by atoms with E-state index in [1.54, 1.807) is 7.11 Å². The second-order valence-corrected chi connectivity index (χ2v) is 4.45. The smallest absolute Gasteiger partial charge is 0.141 e. The van der Waals surface area contributed by atoms with Gasteiger partial charge in [-0.3, -0.25) is 4.79 Å². The number of carbonyl (C=O) groups is 1. The maximum atomic E-state index is 11.7. The van der Waals surface area contributed by atoms with Crippen molar-refractivity contribution in [3.8, 4) is 0 Å². The molecule has 0 bridgehead atoms. The predicted molar refractivity (Wildman–Crippen MR) is 48.0 cm³/mol. The number of Topliss-reactive ketones (excluding diaryl/α,β-unsaturated/α-hetero) is 1. The minimum Gasteiger partial charge on any atom is -0.381 e. The monoisotopic (exact) mass is 170 g/mol. The molecular formula is C10H18O2. The zero-order valence-corrected chi connectivity index (χ0v) is 8.39. The number of hydrogen-bond acceptors (Lipinski definition) is 2. The standard InChI is InChI=1S/C10H18O2/c1-7-5-8(12-4)6-10(2,3)9(7)11/h7-8H,5-6H2,1-4H3. The molecular weight excluding hydrogens is 152 g/mol. The molecule has 0 N–H and O–H groups in total. The van der Waals surface area contributed by atoms with Gasteiger partial charge in [-0.25, -0.2) is 0 Å². The third kappa shape index (κ3) is 1.69. The van der Waals surface area contributed by atoms with Gasteiger partial charge in [-0.05, 0) is 12.8 Å². The molecule has 0 radical (unpaired) electrons. The van der Waals surface area contributed by atoms with Crippen LogP contribution in [0.3, 0.4) is 0 Å². The molecule has 2 heteroatoms. The summed E-state index contributed by atoms with van der Waals surface area (Å²) in [4.78, 5) is 11.7. The van der Waals surface area contributed by atoms with Crippen molar-refractivity contribution in [3.63, 3.8) is 0 Å². The number of ketones is 1. The lowest BCUT2D eigenvalue weighted by molar-refractivity contribution is -0.138. The fourth-order valence-corrected chi connectivity index (χ4v) is 2.10. The van der Waals surface area contributed by atoms with Crippen LogP contribution in [0.4, 0.5) is 0 Å². The van der Waals surface area contributed by atoms with Crippen molar-refractivity contribution in [2.24, 2.45) is 11.3 Å². The molecule has 1 aliphatic rings. The van der Waals surface area contributed by atoms with Gasteiger partial charge in [0, 0.05) is 18.4 Å². The summed E-state index contributed by atoms with van der Waals surface area (Å²) in [5.74, 6) is 0.550. The Morgan fingerprint density at radius 2 is 2.08 bits per heavy atom. The van der Waals surface area contributed by atoms with Gasteiger partial charge in [-0.15, -0.1) is 0 Å². The number of methoxy groups -OCH3 is 1. The maximum absolute atomic E-state index is 11.7. The van der Waals surface area contributed by atoms with Gasteiger partial charge in [0.1, 0.15) is 5.78 Å². The largest absolute Gasteiger partial charge is 0.381 e. The van der Waals surface area contributed by atoms with Gasteiger partial charge in [0.25, 0.3) is 0 Å². The Kier molecular flexibility index (Phi) is 2.57. The van der Waals surface area contributed by atoms with E-state index in [9.17, 15) is 4.79 Å². The quantitative estimate of drug-likeness (QED) is 0.602. The van der Waals surface area contributed by atoms with E-state index in [4.69, 9.17) is 4.74 Å². The lowest BCUT2D eigenvalue weighted by Gasteiger charge is -2.36. The molecule has 0 aromatic rings. The van der Waals surface area contributed by atoms with Crippen molar-refractivity contribution in [1.82, 2.24) is 0 Å². The first-order valence-electron chi connectivity index (χ1n) is 4.54. The van der Waals surface area contributed by atoms with Crippen molar-refractivity contribution in [1.29, 1.82) is 0 Å². The van der Waals surface area contributed by atoms with Crippen LogP contribution in [0.5, 0.6) is 0 Å². The molecule has 0 amide bonds. The minimum atomic E-state index is -0.182. The van der Waals surface area contributed by atoms with Gasteiger partial charge >= 0.3 is 0 Å². The van der Waals surface area contributed by atoms with Gasteiger partial charge in [0.2, 0.25) is 0 Å². The Balaban J connectivity index is 2.72. The number of rotatable bonds is 1. The van der Waals surface area contributed by atoms with E-state index in [0.717, 1.165) is 12.8 Å². The first-order chi connectivity index (χ1) is 5.47. The fraction of sp³-hybridized carbons (Fsp3) is 0.900. The summed E-state index contributed by atoms with van der Waals surface area (Å²) in [6, 6.07) is 0. The summed E-state index contributed by atoms with van der Waals surface area (Å²) in [5.41, 5.74) is -0.182. The van der Waals surface area contributed by atoms with Gasteiger partial charge < -0.3 is 4.74 Å². The highest BCUT2D eigenvalue weighted by Gasteiger charge is 2.39. The highest BCUT2D eigenvalue weighted by Crippen LogP contribution is 2.36. The summed E-state index contributed by atoms with van der Waals surface area (Å²) >= 11 is 0. The van der Waals surface area contributed by atoms with E-state index in [1.165, 1.54) is 0 Å². The van der Waals surface area contributed by atoms with Gasteiger partial charge in [-0.2, -0.15) is 0 Å². The molecule has 2 atom stereocenters. The predicted octanol–water partition coefficient (Wildman–Crippen LogP) is 2.03. The van der Waals surface area contributed by atoms with Crippen LogP contribution in [0.2, 0.25) is 0 Å². The van der Waals surface area contributed by atoms with Crippen molar-refractivity contribution in [3.05, 3.63) is 0 Å². The van der Waals surface area contributed by atoms with Crippen LogP contribution in [-0.4, -0.2) is 19.0 Å². The maximum Gasteiger partial charge on any atom is 0.141 e. The van der Waals surface area contributed by atoms with Crippen LogP contribution in [0.1, 0.15) is 33.6 Å². The summed E-state index contributed by atoms with van der Waals surface area (Å²) in [5, 5.41) is 0. The molecule has 0 aromatic carbocycles. The normalized spacial score (nSPS) is 35.2. The summed E-state index contributed by atoms with van der Waals surface area (Å²) in [7, 11) is 1.73. The van der Waals surface area contributed by atoms with Crippen molar-refractivity contribution in [2.75, 3.05) is 7.11 Å². The molecule has 2 unspecified atom stereocenters. The first kappa shape index (κ1) is 9.72. The second-order valence-electron chi connectivity index (χ2n) is 4.45. The van der Waals surface area contributed by atoms with Gasteiger partial charge in [0.05, 0.1) is 6.10 Å². The molecule has 0 aliphatic heterocycles. The highest BCUT2D eigenvalue weighted by molar-refractivity contribution is 5.86. The molecule has 12 heavy (non-hydrogen) atoms. The molecule has 70 valence electrons. The number of carbonyl (C=O) groups excluding carboxylic acids is 1. The van der Waals surface area contributed by atoms with Crippen molar-refractivity contribution in [2.45, 2.75) is 39.7 Å². The van der Waals surface area contributed by atoms with Gasteiger partial charge in [0.15, 0.2) is 0 Å². The third-order valence-corrected chi connectivity index (χ3v) is 2.80. The zero-order chi connectivity index (χ0) is 9.35. The molecule has 0 aromatic heterocycles. The van der Waals surface area contributed by atoms with Crippen LogP contribution >= 0.6 is 0 Å². The lowest BCUT2D eigenvalue weighted by atomic mass is 9.70. The van der Waals surface area contributed by atoms with Crippen molar-refractivity contribution < 1.29 is 9.53 Å². The lowest BCUT2D eigenvalue weighted by Crippen LogP contribution is -2.40. The molecule has 1 saturated carbocycles. The van der Waals surface area contributed by atoms with E-state index in [1.807, 2.05) is 20.8 Å². The van der Waals surface area contributed by atoms with Crippen LogP contribution in [0, 0.1) is 11.3 Å². The minimum absolute atomic E-state index is 0.165. The molecule has 0 heterocycles. The Labute approximate surface area is 74.3 Å². The van der Waals surface area contributed by atoms with Crippen molar-refractivity contribution >= 4 is 5.78 Å². The average molecular weight is 170 g/mol. The summed E-state index contributed by atoms with van der Waals surface area (Å²) in [6.07, 6.45) is 2.03. The molecule has 2 nitrogen and oxygen atoms in total. The summed E-state index contributed by atoms with van der Waals surface area (Å²) < 4.78 is 5.29. The van der Waals surface area contributed by atoms with Crippen LogP contribution in [-0.2, 0) is 9.53 Å². The first-order valence-corrected chi connectivity index (χ1v) is 4.54. The van der Waals surface area contributed by atoms with E-state index >= 15 is 0 Å². The molecule has 0 saturated heterocycles. The molecule has 1 aliphatic carbocycles. The van der Waals surface area contributed by atoms with E-state index < -0.39 is 0 Å². The van der Waals surface area contributed by atoms with E-state index in [0.29, 0.717) is 5.78 Å². The Bertz CT molecular complexity index is 184. The Morgan fingerprint density at radius 1 is 1.50 bits per heavy atom. The molecule has 0 spiro atoms. The van der Waals surface area contributed by atoms with E-state index in [2.05, 4.69) is 0 Å². The third-order valence-electron chi connectivity index (χ3n) is 2.80. The van der Waals surface area contributed by atoms with Crippen LogP contribution in [0.25, 0.3) is 0 Å². The Hall–Kier alpha value is -0.370. The van der Waals surface area contributed by atoms with Gasteiger partial charge in [-0.1, -0.05) is 20.8 Å². The second kappa shape index (κ2) is 3.17. The van der Waals surface area contributed by atoms with Crippen LogP contribution in [0.15, 0.2) is 0 Å². The summed E-state index contributed by atoms with van der Waals surface area (Å²) in [6.45, 7) is 6.02. The SMILES string of the molecule is COC1CC(C)C(=O)C(C)(C)C1. The van der Waals surface area contributed by atoms with E-state index in [-0.39, 0.29) is 17.4 Å². The topological polar surface area (TPSA) is 26.3 Å². The fourth-order valence-electron chi connectivity index (χ4n) is 2.10.